The van der Waals surface area contributed by atoms with Crippen molar-refractivity contribution in [2.45, 2.75) is 206 Å². The zero-order valence-electron chi connectivity index (χ0n) is 33.8. The van der Waals surface area contributed by atoms with E-state index in [0.29, 0.717) is 24.3 Å². The van der Waals surface area contributed by atoms with E-state index in [1.54, 1.807) is 0 Å². The lowest BCUT2D eigenvalue weighted by molar-refractivity contribution is -0.157. The summed E-state index contributed by atoms with van der Waals surface area (Å²) in [7, 11) is 0. The number of rotatable bonds is 40. The van der Waals surface area contributed by atoms with Crippen LogP contribution in [-0.2, 0) is 33.4 Å². The molecule has 0 saturated heterocycles. The molecule has 0 aliphatic carbocycles. The van der Waals surface area contributed by atoms with Crippen LogP contribution in [0.2, 0.25) is 0 Å². The Kier molecular flexibility index (Phi) is 37.7. The number of carbonyl (C=O) groups is 5. The first-order valence-corrected chi connectivity index (χ1v) is 22.6. The summed E-state index contributed by atoms with van der Waals surface area (Å²) >= 11 is 1.41. The van der Waals surface area contributed by atoms with Gasteiger partial charge in [0.15, 0.2) is 0 Å². The fourth-order valence-electron chi connectivity index (χ4n) is 6.08. The molecule has 3 N–H and O–H groups in total. The molecule has 0 aliphatic rings. The number of ether oxygens (including phenoxy) is 2. The van der Waals surface area contributed by atoms with Crippen LogP contribution in [0.5, 0.6) is 0 Å². The quantitative estimate of drug-likeness (QED) is 0.0409. The van der Waals surface area contributed by atoms with Crippen molar-refractivity contribution in [3.8, 4) is 0 Å². The molecule has 0 aromatic carbocycles. The second kappa shape index (κ2) is 39.4. The van der Waals surface area contributed by atoms with Crippen molar-refractivity contribution in [1.82, 2.24) is 10.6 Å². The fourth-order valence-corrected chi connectivity index (χ4v) is 7.00. The van der Waals surface area contributed by atoms with Gasteiger partial charge in [0.1, 0.15) is 19.3 Å². The maximum absolute atomic E-state index is 12.7. The second-order valence-corrected chi connectivity index (χ2v) is 15.7. The van der Waals surface area contributed by atoms with E-state index in [2.05, 4.69) is 24.5 Å². The Morgan fingerprint density at radius 2 is 0.906 bits per heavy atom. The monoisotopic (exact) mass is 771 g/mol. The number of amides is 2. The molecule has 0 heterocycles. The second-order valence-electron chi connectivity index (χ2n) is 14.6. The first-order chi connectivity index (χ1) is 25.8. The Labute approximate surface area is 327 Å². The third-order valence-electron chi connectivity index (χ3n) is 9.36. The number of esters is 2. The highest BCUT2D eigenvalue weighted by molar-refractivity contribution is 7.99. The number of carboxylic acids is 1. The van der Waals surface area contributed by atoms with Crippen LogP contribution in [0, 0.1) is 0 Å². The van der Waals surface area contributed by atoms with E-state index >= 15 is 0 Å². The van der Waals surface area contributed by atoms with E-state index in [0.717, 1.165) is 38.5 Å². The van der Waals surface area contributed by atoms with Crippen molar-refractivity contribution in [2.75, 3.05) is 31.2 Å². The number of hydrogen-bond donors (Lipinski definition) is 3. The molecule has 1 atom stereocenters. The minimum atomic E-state index is -1.16. The molecule has 0 rings (SSSR count). The summed E-state index contributed by atoms with van der Waals surface area (Å²) in [5, 5.41) is 13.3. The minimum absolute atomic E-state index is 0.00936. The Hall–Kier alpha value is -2.30. The number of carbonyl (C=O) groups excluding carboxylic acids is 4. The third-order valence-corrected chi connectivity index (χ3v) is 10.5. The molecular weight excluding hydrogens is 693 g/mol. The predicted molar refractivity (Wildman–Crippen MR) is 217 cm³/mol. The highest BCUT2D eigenvalue weighted by Gasteiger charge is 2.18. The topological polar surface area (TPSA) is 148 Å². The molecular formula is C42H78N2O8S. The van der Waals surface area contributed by atoms with Crippen LogP contribution in [0.4, 0.5) is 0 Å². The maximum Gasteiger partial charge on any atom is 0.322 e. The van der Waals surface area contributed by atoms with Crippen molar-refractivity contribution in [1.29, 1.82) is 0 Å². The van der Waals surface area contributed by atoms with Gasteiger partial charge in [0.05, 0.1) is 6.54 Å². The average Bonchev–Trinajstić information content (AvgIpc) is 3.14. The van der Waals surface area contributed by atoms with Crippen molar-refractivity contribution >= 4 is 41.5 Å². The van der Waals surface area contributed by atoms with E-state index in [-0.39, 0.29) is 37.4 Å². The average molecular weight is 771 g/mol. The molecule has 10 nitrogen and oxygen atoms in total. The lowest BCUT2D eigenvalue weighted by Gasteiger charge is -2.18. The van der Waals surface area contributed by atoms with E-state index in [1.807, 2.05) is 0 Å². The lowest BCUT2D eigenvalue weighted by Crippen LogP contribution is -2.39. The smallest absolute Gasteiger partial charge is 0.322 e. The number of thioether (sulfide) groups is 1. The molecule has 0 bridgehead atoms. The standard InChI is InChI=1S/C42H78N2O8S/c1-3-5-7-9-11-13-15-17-19-21-23-25-27-29-41(49)51-35-37(36-53-32-31-38(45)43-33-39(46)44-34-40(47)48)52-42(50)30-28-26-24-22-20-18-16-14-12-10-8-6-4-2/h37H,3-36H2,1-2H3,(H,43,45)(H,44,46)(H,47,48). The summed E-state index contributed by atoms with van der Waals surface area (Å²) in [4.78, 5) is 59.5. The zero-order valence-corrected chi connectivity index (χ0v) is 34.6. The van der Waals surface area contributed by atoms with Gasteiger partial charge in [-0.05, 0) is 12.8 Å². The summed E-state index contributed by atoms with van der Waals surface area (Å²) < 4.78 is 11.2. The Morgan fingerprint density at radius 1 is 0.509 bits per heavy atom. The van der Waals surface area contributed by atoms with Crippen molar-refractivity contribution in [3.63, 3.8) is 0 Å². The summed E-state index contributed by atoms with van der Waals surface area (Å²) in [6.45, 7) is 3.68. The molecule has 0 aromatic heterocycles. The number of hydrogen-bond acceptors (Lipinski definition) is 8. The summed E-state index contributed by atoms with van der Waals surface area (Å²) in [5.74, 6) is -1.86. The summed E-state index contributed by atoms with van der Waals surface area (Å²) in [6, 6.07) is 0. The highest BCUT2D eigenvalue weighted by atomic mass is 32.2. The van der Waals surface area contributed by atoms with Gasteiger partial charge < -0.3 is 25.2 Å². The van der Waals surface area contributed by atoms with Crippen molar-refractivity contribution < 1.29 is 38.6 Å². The van der Waals surface area contributed by atoms with Gasteiger partial charge in [-0.25, -0.2) is 0 Å². The van der Waals surface area contributed by atoms with Gasteiger partial charge in [0.2, 0.25) is 11.8 Å². The van der Waals surface area contributed by atoms with E-state index in [9.17, 15) is 24.0 Å². The van der Waals surface area contributed by atoms with Gasteiger partial charge in [-0.2, -0.15) is 11.8 Å². The van der Waals surface area contributed by atoms with E-state index in [1.165, 1.54) is 140 Å². The molecule has 0 fully saturated rings. The fraction of sp³-hybridized carbons (Fsp3) is 0.881. The maximum atomic E-state index is 12.7. The summed E-state index contributed by atoms with van der Waals surface area (Å²) in [5.41, 5.74) is 0. The zero-order chi connectivity index (χ0) is 39.0. The number of aliphatic carboxylic acids is 1. The first-order valence-electron chi connectivity index (χ1n) is 21.5. The highest BCUT2D eigenvalue weighted by Crippen LogP contribution is 2.16. The van der Waals surface area contributed by atoms with Crippen LogP contribution in [0.3, 0.4) is 0 Å². The molecule has 0 aromatic rings. The molecule has 2 amide bonds. The Morgan fingerprint density at radius 3 is 1.34 bits per heavy atom. The molecule has 0 aliphatic heterocycles. The van der Waals surface area contributed by atoms with Gasteiger partial charge >= 0.3 is 17.9 Å². The van der Waals surface area contributed by atoms with Crippen molar-refractivity contribution in [2.24, 2.45) is 0 Å². The molecule has 53 heavy (non-hydrogen) atoms. The SMILES string of the molecule is CCCCCCCCCCCCCCCC(=O)OCC(CSCCC(=O)NCC(=O)NCC(=O)O)OC(=O)CCCCCCCCCCCCCCC. The summed E-state index contributed by atoms with van der Waals surface area (Å²) in [6.07, 6.45) is 32.3. The van der Waals surface area contributed by atoms with Crippen LogP contribution in [0.15, 0.2) is 0 Å². The van der Waals surface area contributed by atoms with Crippen LogP contribution in [0.1, 0.15) is 200 Å². The van der Waals surface area contributed by atoms with Crippen molar-refractivity contribution in [3.05, 3.63) is 0 Å². The molecule has 1 unspecified atom stereocenters. The number of nitrogens with one attached hydrogen (secondary N) is 2. The molecule has 0 spiro atoms. The van der Waals surface area contributed by atoms with Gasteiger partial charge in [-0.3, -0.25) is 24.0 Å². The third kappa shape index (κ3) is 39.2. The van der Waals surface area contributed by atoms with Gasteiger partial charge in [-0.15, -0.1) is 0 Å². The Balaban J connectivity index is 4.35. The molecule has 0 radical (unpaired) electrons. The van der Waals surface area contributed by atoms with Crippen LogP contribution >= 0.6 is 11.8 Å². The normalized spacial score (nSPS) is 11.6. The molecule has 11 heteroatoms. The molecule has 310 valence electrons. The van der Waals surface area contributed by atoms with Crippen LogP contribution < -0.4 is 10.6 Å². The lowest BCUT2D eigenvalue weighted by atomic mass is 10.0. The first kappa shape index (κ1) is 50.7. The molecule has 0 saturated carbocycles. The van der Waals surface area contributed by atoms with Gasteiger partial charge in [-0.1, -0.05) is 168 Å². The predicted octanol–water partition coefficient (Wildman–Crippen LogP) is 9.84. The van der Waals surface area contributed by atoms with Crippen LogP contribution in [0.25, 0.3) is 0 Å². The van der Waals surface area contributed by atoms with Crippen LogP contribution in [-0.4, -0.2) is 72.1 Å². The number of carboxylic acid groups (broad SMARTS) is 1. The van der Waals surface area contributed by atoms with E-state index in [4.69, 9.17) is 14.6 Å². The van der Waals surface area contributed by atoms with Gasteiger partial charge in [0.25, 0.3) is 0 Å². The Bertz CT molecular complexity index is 920. The number of unbranched alkanes of at least 4 members (excludes halogenated alkanes) is 24. The van der Waals surface area contributed by atoms with Gasteiger partial charge in [0, 0.05) is 30.8 Å². The minimum Gasteiger partial charge on any atom is -0.480 e. The largest absolute Gasteiger partial charge is 0.480 e. The van der Waals surface area contributed by atoms with E-state index < -0.39 is 24.5 Å².